The number of halogens is 2. The molecule has 2 N–H and O–H groups in total. The van der Waals surface area contributed by atoms with Crippen LogP contribution in [0.25, 0.3) is 0 Å². The first-order chi connectivity index (χ1) is 13.6. The maximum Gasteiger partial charge on any atom is 0.407 e. The Morgan fingerprint density at radius 2 is 1.76 bits per heavy atom. The monoisotopic (exact) mass is 460 g/mol. The van der Waals surface area contributed by atoms with Crippen molar-refractivity contribution in [3.05, 3.63) is 58.1 Å². The highest BCUT2D eigenvalue weighted by molar-refractivity contribution is 7.92. The average molecular weight is 461 g/mol. The molecule has 2 aromatic carbocycles. The van der Waals surface area contributed by atoms with E-state index in [1.807, 2.05) is 0 Å². The molecule has 0 aliphatic carbocycles. The summed E-state index contributed by atoms with van der Waals surface area (Å²) in [5, 5.41) is 12.9. The summed E-state index contributed by atoms with van der Waals surface area (Å²) in [5.74, 6) is 0. The van der Waals surface area contributed by atoms with Crippen LogP contribution in [-0.4, -0.2) is 38.8 Å². The van der Waals surface area contributed by atoms with Crippen LogP contribution in [0.1, 0.15) is 19.4 Å². The highest BCUT2D eigenvalue weighted by atomic mass is 35.5. The Bertz CT molecular complexity index is 950. The molecule has 10 heteroatoms. The van der Waals surface area contributed by atoms with Gasteiger partial charge in [-0.1, -0.05) is 29.3 Å². The minimum Gasteiger partial charge on any atom is -0.448 e. The van der Waals surface area contributed by atoms with Crippen LogP contribution in [0.3, 0.4) is 0 Å². The van der Waals surface area contributed by atoms with E-state index >= 15 is 0 Å². The molecule has 158 valence electrons. The van der Waals surface area contributed by atoms with Gasteiger partial charge in [0.15, 0.2) is 0 Å². The van der Waals surface area contributed by atoms with E-state index in [-0.39, 0.29) is 29.8 Å². The van der Waals surface area contributed by atoms with Gasteiger partial charge in [-0.2, -0.15) is 0 Å². The molecule has 0 aliphatic heterocycles. The molecule has 0 heterocycles. The van der Waals surface area contributed by atoms with Gasteiger partial charge in [-0.05, 0) is 50.2 Å². The Morgan fingerprint density at radius 3 is 2.34 bits per heavy atom. The predicted molar refractivity (Wildman–Crippen MR) is 113 cm³/mol. The fourth-order valence-electron chi connectivity index (χ4n) is 2.51. The first-order valence-corrected chi connectivity index (χ1v) is 11.0. The van der Waals surface area contributed by atoms with Crippen molar-refractivity contribution in [2.45, 2.75) is 31.4 Å². The van der Waals surface area contributed by atoms with Crippen molar-refractivity contribution in [2.24, 2.45) is 0 Å². The van der Waals surface area contributed by atoms with Crippen LogP contribution in [0.5, 0.6) is 0 Å². The lowest BCUT2D eigenvalue weighted by Crippen LogP contribution is -2.37. The van der Waals surface area contributed by atoms with Gasteiger partial charge in [0.05, 0.1) is 23.7 Å². The molecule has 0 bridgehead atoms. The fraction of sp³-hybridized carbons (Fsp3) is 0.316. The standard InChI is InChI=1S/C19H22Cl2N2O5S/c1-13(2)22-19(25)28-10-9-23(18-11-16(21)4-3-14(18)12-24)29(26,27)17-7-5-15(20)6-8-17/h3-8,11,13,24H,9-10,12H2,1-2H3,(H,22,25). The van der Waals surface area contributed by atoms with Crippen LogP contribution in [0, 0.1) is 0 Å². The summed E-state index contributed by atoms with van der Waals surface area (Å²) in [6.45, 7) is 2.77. The normalized spacial score (nSPS) is 11.4. The van der Waals surface area contributed by atoms with E-state index in [9.17, 15) is 18.3 Å². The molecule has 2 aromatic rings. The number of anilines is 1. The molecule has 0 atom stereocenters. The van der Waals surface area contributed by atoms with Gasteiger partial charge in [0.1, 0.15) is 6.61 Å². The summed E-state index contributed by atoms with van der Waals surface area (Å²) >= 11 is 11.9. The van der Waals surface area contributed by atoms with Crippen LogP contribution in [0.4, 0.5) is 10.5 Å². The molecule has 7 nitrogen and oxygen atoms in total. The lowest BCUT2D eigenvalue weighted by molar-refractivity contribution is 0.147. The molecule has 0 radical (unpaired) electrons. The topological polar surface area (TPSA) is 95.9 Å². The number of alkyl carbamates (subject to hydrolysis) is 1. The number of carbonyl (C=O) groups is 1. The summed E-state index contributed by atoms with van der Waals surface area (Å²) in [5.41, 5.74) is 0.557. The Labute approximate surface area is 180 Å². The van der Waals surface area contributed by atoms with Gasteiger partial charge in [-0.15, -0.1) is 0 Å². The number of hydrogen-bond donors (Lipinski definition) is 2. The second-order valence-electron chi connectivity index (χ2n) is 6.40. The molecule has 0 unspecified atom stereocenters. The first-order valence-electron chi connectivity index (χ1n) is 8.76. The molecule has 2 rings (SSSR count). The maximum absolute atomic E-state index is 13.3. The van der Waals surface area contributed by atoms with Gasteiger partial charge in [0.25, 0.3) is 10.0 Å². The highest BCUT2D eigenvalue weighted by Crippen LogP contribution is 2.30. The zero-order valence-corrected chi connectivity index (χ0v) is 18.3. The van der Waals surface area contributed by atoms with Crippen molar-refractivity contribution >= 4 is 45.0 Å². The van der Waals surface area contributed by atoms with Crippen LogP contribution in [0.2, 0.25) is 10.0 Å². The van der Waals surface area contributed by atoms with Crippen molar-refractivity contribution in [3.63, 3.8) is 0 Å². The van der Waals surface area contributed by atoms with Gasteiger partial charge >= 0.3 is 6.09 Å². The minimum absolute atomic E-state index is 0.00241. The van der Waals surface area contributed by atoms with Crippen LogP contribution in [0.15, 0.2) is 47.4 Å². The Balaban J connectivity index is 2.39. The largest absolute Gasteiger partial charge is 0.448 e. The van der Waals surface area contributed by atoms with Gasteiger partial charge in [0.2, 0.25) is 0 Å². The molecule has 0 aliphatic rings. The molecule has 0 saturated heterocycles. The second kappa shape index (κ2) is 10.2. The van der Waals surface area contributed by atoms with E-state index in [0.29, 0.717) is 15.6 Å². The third kappa shape index (κ3) is 6.24. The Morgan fingerprint density at radius 1 is 1.14 bits per heavy atom. The number of aliphatic hydroxyl groups excluding tert-OH is 1. The van der Waals surface area contributed by atoms with Crippen LogP contribution >= 0.6 is 23.2 Å². The van der Waals surface area contributed by atoms with Crippen molar-refractivity contribution in [2.75, 3.05) is 17.5 Å². The molecule has 0 saturated carbocycles. The SMILES string of the molecule is CC(C)NC(=O)OCCN(c1cc(Cl)ccc1CO)S(=O)(=O)c1ccc(Cl)cc1. The number of aliphatic hydroxyl groups is 1. The summed E-state index contributed by atoms with van der Waals surface area (Å²) in [6, 6.07) is 10.1. The van der Waals surface area contributed by atoms with E-state index in [1.165, 1.54) is 36.4 Å². The summed E-state index contributed by atoms with van der Waals surface area (Å²) < 4.78 is 32.7. The fourth-order valence-corrected chi connectivity index (χ4v) is 4.28. The van der Waals surface area contributed by atoms with E-state index in [0.717, 1.165) is 4.31 Å². The first kappa shape index (κ1) is 23.3. The van der Waals surface area contributed by atoms with Crippen molar-refractivity contribution in [1.29, 1.82) is 0 Å². The van der Waals surface area contributed by atoms with Gasteiger partial charge in [-0.25, -0.2) is 13.2 Å². The summed E-state index contributed by atoms with van der Waals surface area (Å²) in [6.07, 6.45) is -0.655. The zero-order valence-electron chi connectivity index (χ0n) is 15.9. The van der Waals surface area contributed by atoms with Gasteiger partial charge in [-0.3, -0.25) is 4.31 Å². The number of hydrogen-bond acceptors (Lipinski definition) is 5. The molecule has 1 amide bonds. The molecule has 0 fully saturated rings. The molecule has 29 heavy (non-hydrogen) atoms. The van der Waals surface area contributed by atoms with Crippen LogP contribution in [-0.2, 0) is 21.4 Å². The zero-order chi connectivity index (χ0) is 21.6. The maximum atomic E-state index is 13.3. The van der Waals surface area contributed by atoms with E-state index in [4.69, 9.17) is 27.9 Å². The number of benzene rings is 2. The number of sulfonamides is 1. The number of carbonyl (C=O) groups excluding carboxylic acids is 1. The molecular formula is C19H22Cl2N2O5S. The highest BCUT2D eigenvalue weighted by Gasteiger charge is 2.27. The Kier molecular flexibility index (Phi) is 8.15. The van der Waals surface area contributed by atoms with Gasteiger partial charge < -0.3 is 15.2 Å². The molecular weight excluding hydrogens is 439 g/mol. The third-order valence-corrected chi connectivity index (χ3v) is 6.14. The second-order valence-corrected chi connectivity index (χ2v) is 9.13. The van der Waals surface area contributed by atoms with E-state index in [2.05, 4.69) is 5.32 Å². The molecule has 0 aromatic heterocycles. The lowest BCUT2D eigenvalue weighted by atomic mass is 10.2. The van der Waals surface area contributed by atoms with Crippen molar-refractivity contribution in [3.8, 4) is 0 Å². The smallest absolute Gasteiger partial charge is 0.407 e. The predicted octanol–water partition coefficient (Wildman–Crippen LogP) is 3.82. The van der Waals surface area contributed by atoms with Crippen LogP contribution < -0.4 is 9.62 Å². The molecule has 0 spiro atoms. The number of ether oxygens (including phenoxy) is 1. The third-order valence-electron chi connectivity index (χ3n) is 3.82. The lowest BCUT2D eigenvalue weighted by Gasteiger charge is -2.26. The number of nitrogens with zero attached hydrogens (tertiary/aromatic N) is 1. The number of nitrogens with one attached hydrogen (secondary N) is 1. The van der Waals surface area contributed by atoms with E-state index in [1.54, 1.807) is 19.9 Å². The van der Waals surface area contributed by atoms with E-state index < -0.39 is 22.7 Å². The number of amides is 1. The summed E-state index contributed by atoms with van der Waals surface area (Å²) in [7, 11) is -4.05. The van der Waals surface area contributed by atoms with Gasteiger partial charge in [0, 0.05) is 21.7 Å². The quantitative estimate of drug-likeness (QED) is 0.623. The van der Waals surface area contributed by atoms with Crippen molar-refractivity contribution < 1.29 is 23.1 Å². The summed E-state index contributed by atoms with van der Waals surface area (Å²) in [4.78, 5) is 11.7. The number of rotatable bonds is 8. The Hall–Kier alpha value is -2.00. The average Bonchev–Trinajstić information content (AvgIpc) is 2.65. The van der Waals surface area contributed by atoms with Crippen molar-refractivity contribution in [1.82, 2.24) is 5.32 Å². The minimum atomic E-state index is -4.05.